The van der Waals surface area contributed by atoms with Crippen molar-refractivity contribution in [3.05, 3.63) is 47.7 Å². The normalized spacial score (nSPS) is 12.9. The Morgan fingerprint density at radius 3 is 2.74 bits per heavy atom. The number of benzene rings is 2. The van der Waals surface area contributed by atoms with Crippen LogP contribution in [-0.2, 0) is 4.79 Å². The summed E-state index contributed by atoms with van der Waals surface area (Å²) < 4.78 is 0. The first-order chi connectivity index (χ1) is 9.24. The lowest BCUT2D eigenvalue weighted by atomic mass is 9.97. The Bertz CT molecular complexity index is 668. The summed E-state index contributed by atoms with van der Waals surface area (Å²) in [5.74, 6) is -0.737. The average Bonchev–Trinajstić information content (AvgIpc) is 2.39. The highest BCUT2D eigenvalue weighted by Crippen LogP contribution is 2.34. The molecule has 3 rings (SSSR count). The SMILES string of the molecule is O=C(O)CCCC1=Cc2cccc3cccc(c23)N1. The highest BCUT2D eigenvalue weighted by molar-refractivity contribution is 6.03. The van der Waals surface area contributed by atoms with Gasteiger partial charge in [0.1, 0.15) is 0 Å². The fraction of sp³-hybridized carbons (Fsp3) is 0.188. The van der Waals surface area contributed by atoms with Crippen molar-refractivity contribution >= 4 is 28.5 Å². The van der Waals surface area contributed by atoms with Gasteiger partial charge < -0.3 is 10.4 Å². The van der Waals surface area contributed by atoms with Crippen LogP contribution in [0.2, 0.25) is 0 Å². The summed E-state index contributed by atoms with van der Waals surface area (Å²) in [6.07, 6.45) is 3.76. The van der Waals surface area contributed by atoms with E-state index in [2.05, 4.69) is 41.7 Å². The van der Waals surface area contributed by atoms with E-state index in [1.54, 1.807) is 0 Å². The molecule has 1 heterocycles. The molecule has 0 atom stereocenters. The summed E-state index contributed by atoms with van der Waals surface area (Å²) in [6.45, 7) is 0. The van der Waals surface area contributed by atoms with Crippen LogP contribution in [0.3, 0.4) is 0 Å². The van der Waals surface area contributed by atoms with Crippen molar-refractivity contribution in [1.29, 1.82) is 0 Å². The summed E-state index contributed by atoms with van der Waals surface area (Å²) in [5.41, 5.74) is 3.41. The molecule has 3 heteroatoms. The predicted octanol–water partition coefficient (Wildman–Crippen LogP) is 3.86. The van der Waals surface area contributed by atoms with Crippen LogP contribution in [-0.4, -0.2) is 11.1 Å². The van der Waals surface area contributed by atoms with Crippen molar-refractivity contribution < 1.29 is 9.90 Å². The lowest BCUT2D eigenvalue weighted by molar-refractivity contribution is -0.137. The van der Waals surface area contributed by atoms with Gasteiger partial charge in [0.2, 0.25) is 0 Å². The summed E-state index contributed by atoms with van der Waals surface area (Å²) >= 11 is 0. The number of carbonyl (C=O) groups is 1. The van der Waals surface area contributed by atoms with Crippen LogP contribution in [0.4, 0.5) is 5.69 Å². The number of allylic oxidation sites excluding steroid dienone is 1. The molecular formula is C16H15NO2. The van der Waals surface area contributed by atoms with Gasteiger partial charge in [-0.3, -0.25) is 4.79 Å². The number of carboxylic acid groups (broad SMARTS) is 1. The zero-order valence-electron chi connectivity index (χ0n) is 10.5. The molecule has 1 aliphatic rings. The van der Waals surface area contributed by atoms with E-state index < -0.39 is 5.97 Å². The maximum atomic E-state index is 10.6. The Morgan fingerprint density at radius 1 is 1.16 bits per heavy atom. The van der Waals surface area contributed by atoms with Crippen molar-refractivity contribution in [2.45, 2.75) is 19.3 Å². The monoisotopic (exact) mass is 253 g/mol. The molecule has 2 aromatic rings. The first-order valence-electron chi connectivity index (χ1n) is 6.45. The number of hydrogen-bond acceptors (Lipinski definition) is 2. The van der Waals surface area contributed by atoms with Crippen LogP contribution in [0.25, 0.3) is 16.8 Å². The molecule has 96 valence electrons. The Morgan fingerprint density at radius 2 is 1.95 bits per heavy atom. The first-order valence-corrected chi connectivity index (χ1v) is 6.45. The molecule has 2 N–H and O–H groups in total. The molecule has 19 heavy (non-hydrogen) atoms. The summed E-state index contributed by atoms with van der Waals surface area (Å²) in [5, 5.41) is 14.6. The molecule has 0 unspecified atom stereocenters. The quantitative estimate of drug-likeness (QED) is 0.869. The van der Waals surface area contributed by atoms with E-state index in [9.17, 15) is 4.79 Å². The third-order valence-corrected chi connectivity index (χ3v) is 3.40. The standard InChI is InChI=1S/C16H15NO2/c18-15(19)9-3-7-13-10-12-6-1-4-11-5-2-8-14(17-13)16(11)12/h1-2,4-6,8,10,17H,3,7,9H2,(H,18,19). The van der Waals surface area contributed by atoms with Gasteiger partial charge in [-0.05, 0) is 35.9 Å². The molecule has 0 aliphatic carbocycles. The molecule has 0 radical (unpaired) electrons. The van der Waals surface area contributed by atoms with E-state index >= 15 is 0 Å². The molecule has 0 fully saturated rings. The van der Waals surface area contributed by atoms with Crippen molar-refractivity contribution in [2.75, 3.05) is 5.32 Å². The third kappa shape index (κ3) is 2.32. The van der Waals surface area contributed by atoms with E-state index in [4.69, 9.17) is 5.11 Å². The Balaban J connectivity index is 1.90. The minimum absolute atomic E-state index is 0.213. The van der Waals surface area contributed by atoms with Gasteiger partial charge in [-0.2, -0.15) is 0 Å². The molecule has 0 saturated carbocycles. The Kier molecular flexibility index (Phi) is 2.95. The van der Waals surface area contributed by atoms with Crippen LogP contribution >= 0.6 is 0 Å². The zero-order valence-corrected chi connectivity index (χ0v) is 10.5. The van der Waals surface area contributed by atoms with Crippen LogP contribution in [0, 0.1) is 0 Å². The van der Waals surface area contributed by atoms with Gasteiger partial charge >= 0.3 is 5.97 Å². The third-order valence-electron chi connectivity index (χ3n) is 3.40. The molecule has 3 nitrogen and oxygen atoms in total. The first kappa shape index (κ1) is 11.8. The number of hydrogen-bond donors (Lipinski definition) is 2. The highest BCUT2D eigenvalue weighted by atomic mass is 16.4. The molecule has 0 spiro atoms. The molecule has 0 saturated heterocycles. The van der Waals surface area contributed by atoms with Crippen molar-refractivity contribution in [1.82, 2.24) is 0 Å². The highest BCUT2D eigenvalue weighted by Gasteiger charge is 2.12. The molecule has 0 amide bonds. The summed E-state index contributed by atoms with van der Waals surface area (Å²) in [6, 6.07) is 12.5. The van der Waals surface area contributed by atoms with Crippen molar-refractivity contribution in [3.8, 4) is 0 Å². The van der Waals surface area contributed by atoms with Gasteiger partial charge in [-0.1, -0.05) is 30.3 Å². The van der Waals surface area contributed by atoms with Crippen molar-refractivity contribution in [2.24, 2.45) is 0 Å². The number of anilines is 1. The second-order valence-corrected chi connectivity index (χ2v) is 4.79. The predicted molar refractivity (Wildman–Crippen MR) is 77.0 cm³/mol. The lowest BCUT2D eigenvalue weighted by Crippen LogP contribution is -2.06. The zero-order chi connectivity index (χ0) is 13.2. The topological polar surface area (TPSA) is 49.3 Å². The Hall–Kier alpha value is -2.29. The van der Waals surface area contributed by atoms with E-state index in [-0.39, 0.29) is 6.42 Å². The van der Waals surface area contributed by atoms with Crippen LogP contribution in [0.1, 0.15) is 24.8 Å². The van der Waals surface area contributed by atoms with Gasteiger partial charge in [0.15, 0.2) is 0 Å². The number of rotatable bonds is 4. The fourth-order valence-corrected chi connectivity index (χ4v) is 2.56. The second kappa shape index (κ2) is 4.76. The summed E-state index contributed by atoms with van der Waals surface area (Å²) in [7, 11) is 0. The van der Waals surface area contributed by atoms with Crippen molar-refractivity contribution in [3.63, 3.8) is 0 Å². The number of aliphatic carboxylic acids is 1. The van der Waals surface area contributed by atoms with Gasteiger partial charge in [0, 0.05) is 23.2 Å². The number of nitrogens with one attached hydrogen (secondary N) is 1. The Labute approximate surface area is 111 Å². The maximum absolute atomic E-state index is 10.6. The van der Waals surface area contributed by atoms with Crippen LogP contribution in [0.15, 0.2) is 42.1 Å². The van der Waals surface area contributed by atoms with E-state index in [1.807, 2.05) is 6.07 Å². The minimum atomic E-state index is -0.737. The molecule has 0 bridgehead atoms. The molecular weight excluding hydrogens is 238 g/mol. The van der Waals surface area contributed by atoms with Gasteiger partial charge in [-0.15, -0.1) is 0 Å². The van der Waals surface area contributed by atoms with E-state index in [1.165, 1.54) is 16.3 Å². The van der Waals surface area contributed by atoms with Crippen LogP contribution < -0.4 is 5.32 Å². The average molecular weight is 253 g/mol. The molecule has 0 aromatic heterocycles. The number of carboxylic acids is 1. The van der Waals surface area contributed by atoms with Crippen LogP contribution in [0.5, 0.6) is 0 Å². The maximum Gasteiger partial charge on any atom is 0.303 e. The van der Waals surface area contributed by atoms with Gasteiger partial charge in [0.25, 0.3) is 0 Å². The smallest absolute Gasteiger partial charge is 0.303 e. The van der Waals surface area contributed by atoms with E-state index in [0.717, 1.165) is 17.8 Å². The lowest BCUT2D eigenvalue weighted by Gasteiger charge is -2.19. The molecule has 2 aromatic carbocycles. The molecule has 1 aliphatic heterocycles. The minimum Gasteiger partial charge on any atom is -0.481 e. The fourth-order valence-electron chi connectivity index (χ4n) is 2.56. The largest absolute Gasteiger partial charge is 0.481 e. The van der Waals surface area contributed by atoms with Gasteiger partial charge in [-0.25, -0.2) is 0 Å². The second-order valence-electron chi connectivity index (χ2n) is 4.79. The van der Waals surface area contributed by atoms with Gasteiger partial charge in [0.05, 0.1) is 0 Å². The van der Waals surface area contributed by atoms with E-state index in [0.29, 0.717) is 6.42 Å². The summed E-state index contributed by atoms with van der Waals surface area (Å²) in [4.78, 5) is 10.6.